The number of hydrogen-bond acceptors (Lipinski definition) is 1. The highest BCUT2D eigenvalue weighted by Crippen LogP contribution is 2.26. The maximum Gasteiger partial charge on any atom is 0.343 e. The molecular formula is C14H10F2O2. The quantitative estimate of drug-likeness (QED) is 0.901. The van der Waals surface area contributed by atoms with Crippen LogP contribution in [0, 0.1) is 5.82 Å². The van der Waals surface area contributed by atoms with E-state index >= 15 is 0 Å². The monoisotopic (exact) mass is 248 g/mol. The van der Waals surface area contributed by atoms with E-state index in [4.69, 9.17) is 5.11 Å². The number of carboxylic acid groups (broad SMARTS) is 1. The van der Waals surface area contributed by atoms with E-state index in [2.05, 4.69) is 0 Å². The van der Waals surface area contributed by atoms with Gasteiger partial charge in [0.05, 0.1) is 0 Å². The molecule has 4 heteroatoms. The second-order valence-electron chi connectivity index (χ2n) is 3.81. The van der Waals surface area contributed by atoms with Crippen LogP contribution in [0.1, 0.15) is 11.7 Å². The molecule has 0 bridgehead atoms. The lowest BCUT2D eigenvalue weighted by Crippen LogP contribution is -2.06. The highest BCUT2D eigenvalue weighted by atomic mass is 19.1. The molecule has 0 spiro atoms. The van der Waals surface area contributed by atoms with E-state index in [-0.39, 0.29) is 5.56 Å². The Hall–Kier alpha value is -2.23. The summed E-state index contributed by atoms with van der Waals surface area (Å²) >= 11 is 0. The number of hydrogen-bond donors (Lipinski definition) is 1. The molecule has 0 heterocycles. The Morgan fingerprint density at radius 3 is 2.33 bits per heavy atom. The lowest BCUT2D eigenvalue weighted by molar-refractivity contribution is -0.143. The van der Waals surface area contributed by atoms with Crippen molar-refractivity contribution in [2.75, 3.05) is 0 Å². The maximum atomic E-state index is 13.8. The first kappa shape index (κ1) is 12.2. The Morgan fingerprint density at radius 1 is 1.11 bits per heavy atom. The molecule has 92 valence electrons. The van der Waals surface area contributed by atoms with Gasteiger partial charge in [0.15, 0.2) is 0 Å². The van der Waals surface area contributed by atoms with Crippen molar-refractivity contribution in [1.29, 1.82) is 0 Å². The molecule has 1 N–H and O–H groups in total. The minimum Gasteiger partial charge on any atom is -0.479 e. The molecule has 0 amide bonds. The lowest BCUT2D eigenvalue weighted by Gasteiger charge is -2.07. The summed E-state index contributed by atoms with van der Waals surface area (Å²) in [5.74, 6) is -2.26. The first-order chi connectivity index (χ1) is 8.59. The zero-order valence-electron chi connectivity index (χ0n) is 9.31. The Bertz CT molecular complexity index is 567. The van der Waals surface area contributed by atoms with Gasteiger partial charge in [-0.15, -0.1) is 0 Å². The summed E-state index contributed by atoms with van der Waals surface area (Å²) in [6.45, 7) is 0. The summed E-state index contributed by atoms with van der Waals surface area (Å²) in [4.78, 5) is 10.5. The van der Waals surface area contributed by atoms with Crippen molar-refractivity contribution in [2.45, 2.75) is 6.17 Å². The van der Waals surface area contributed by atoms with Crippen LogP contribution >= 0.6 is 0 Å². The van der Waals surface area contributed by atoms with Gasteiger partial charge in [0.2, 0.25) is 6.17 Å². The standard InChI is InChI=1S/C14H10F2O2/c15-12-8-10(13(16)14(17)18)6-7-11(12)9-4-2-1-3-5-9/h1-8,13H,(H,17,18). The van der Waals surface area contributed by atoms with E-state index in [9.17, 15) is 13.6 Å². The molecule has 1 unspecified atom stereocenters. The summed E-state index contributed by atoms with van der Waals surface area (Å²) in [5, 5.41) is 8.52. The predicted octanol–water partition coefficient (Wildman–Crippen LogP) is 3.59. The van der Waals surface area contributed by atoms with E-state index in [0.29, 0.717) is 11.1 Å². The van der Waals surface area contributed by atoms with Crippen LogP contribution in [0.15, 0.2) is 48.5 Å². The molecule has 2 nitrogen and oxygen atoms in total. The van der Waals surface area contributed by atoms with Crippen LogP contribution in [0.5, 0.6) is 0 Å². The molecule has 0 aromatic heterocycles. The Balaban J connectivity index is 2.40. The van der Waals surface area contributed by atoms with Crippen LogP contribution < -0.4 is 0 Å². The van der Waals surface area contributed by atoms with Gasteiger partial charge in [-0.2, -0.15) is 0 Å². The number of carboxylic acids is 1. The molecule has 2 aromatic carbocycles. The molecule has 2 rings (SSSR count). The SMILES string of the molecule is O=C(O)C(F)c1ccc(-c2ccccc2)c(F)c1. The van der Waals surface area contributed by atoms with Crippen molar-refractivity contribution < 1.29 is 18.7 Å². The first-order valence-corrected chi connectivity index (χ1v) is 5.31. The molecule has 0 saturated carbocycles. The number of carbonyl (C=O) groups is 1. The average Bonchev–Trinajstić information content (AvgIpc) is 2.38. The van der Waals surface area contributed by atoms with Crippen molar-refractivity contribution in [3.05, 3.63) is 59.9 Å². The minimum absolute atomic E-state index is 0.195. The zero-order valence-corrected chi connectivity index (χ0v) is 9.31. The van der Waals surface area contributed by atoms with Gasteiger partial charge in [-0.3, -0.25) is 0 Å². The molecule has 0 radical (unpaired) electrons. The number of alkyl halides is 1. The van der Waals surface area contributed by atoms with Gasteiger partial charge in [0.25, 0.3) is 0 Å². The van der Waals surface area contributed by atoms with E-state index in [1.165, 1.54) is 12.1 Å². The number of benzene rings is 2. The van der Waals surface area contributed by atoms with E-state index in [1.54, 1.807) is 30.3 Å². The topological polar surface area (TPSA) is 37.3 Å². The van der Waals surface area contributed by atoms with Gasteiger partial charge in [-0.1, -0.05) is 42.5 Å². The van der Waals surface area contributed by atoms with E-state index in [1.807, 2.05) is 0 Å². The minimum atomic E-state index is -2.20. The highest BCUT2D eigenvalue weighted by molar-refractivity contribution is 5.75. The van der Waals surface area contributed by atoms with Crippen LogP contribution in [0.2, 0.25) is 0 Å². The third-order valence-corrected chi connectivity index (χ3v) is 2.59. The van der Waals surface area contributed by atoms with Crippen LogP contribution in [0.25, 0.3) is 11.1 Å². The summed E-state index contributed by atoms with van der Waals surface area (Å²) in [7, 11) is 0. The van der Waals surface area contributed by atoms with Gasteiger partial charge < -0.3 is 5.11 Å². The van der Waals surface area contributed by atoms with E-state index in [0.717, 1.165) is 6.07 Å². The normalized spacial score (nSPS) is 12.1. The van der Waals surface area contributed by atoms with Gasteiger partial charge in [-0.05, 0) is 11.6 Å². The van der Waals surface area contributed by atoms with Gasteiger partial charge in [-0.25, -0.2) is 13.6 Å². The zero-order chi connectivity index (χ0) is 13.1. The number of halogens is 2. The molecule has 1 atom stereocenters. The fourth-order valence-corrected chi connectivity index (χ4v) is 1.68. The number of rotatable bonds is 3. The summed E-state index contributed by atoms with van der Waals surface area (Å²) < 4.78 is 27.0. The Labute approximate surface area is 103 Å². The van der Waals surface area contributed by atoms with Gasteiger partial charge >= 0.3 is 5.97 Å². The van der Waals surface area contributed by atoms with Crippen molar-refractivity contribution in [2.24, 2.45) is 0 Å². The Morgan fingerprint density at radius 2 is 1.78 bits per heavy atom. The Kier molecular flexibility index (Phi) is 3.37. The van der Waals surface area contributed by atoms with Crippen LogP contribution in [-0.2, 0) is 4.79 Å². The van der Waals surface area contributed by atoms with Crippen molar-refractivity contribution in [1.82, 2.24) is 0 Å². The fraction of sp³-hybridized carbons (Fsp3) is 0.0714. The summed E-state index contributed by atoms with van der Waals surface area (Å²) in [5.41, 5.74) is 0.781. The maximum absolute atomic E-state index is 13.8. The summed E-state index contributed by atoms with van der Waals surface area (Å²) in [6.07, 6.45) is -2.20. The number of aliphatic carboxylic acids is 1. The molecule has 0 fully saturated rings. The van der Waals surface area contributed by atoms with Gasteiger partial charge in [0, 0.05) is 11.1 Å². The van der Waals surface area contributed by atoms with Crippen molar-refractivity contribution in [3.8, 4) is 11.1 Å². The van der Waals surface area contributed by atoms with E-state index < -0.39 is 18.0 Å². The third-order valence-electron chi connectivity index (χ3n) is 2.59. The molecular weight excluding hydrogens is 238 g/mol. The van der Waals surface area contributed by atoms with Crippen molar-refractivity contribution >= 4 is 5.97 Å². The van der Waals surface area contributed by atoms with Crippen LogP contribution in [-0.4, -0.2) is 11.1 Å². The predicted molar refractivity (Wildman–Crippen MR) is 63.3 cm³/mol. The molecule has 0 aliphatic heterocycles. The smallest absolute Gasteiger partial charge is 0.343 e. The highest BCUT2D eigenvalue weighted by Gasteiger charge is 2.19. The second-order valence-corrected chi connectivity index (χ2v) is 3.81. The lowest BCUT2D eigenvalue weighted by atomic mass is 10.0. The first-order valence-electron chi connectivity index (χ1n) is 5.31. The van der Waals surface area contributed by atoms with Crippen LogP contribution in [0.3, 0.4) is 0 Å². The van der Waals surface area contributed by atoms with Gasteiger partial charge in [0.1, 0.15) is 5.82 Å². The second kappa shape index (κ2) is 4.96. The third kappa shape index (κ3) is 2.37. The average molecular weight is 248 g/mol. The van der Waals surface area contributed by atoms with Crippen LogP contribution in [0.4, 0.5) is 8.78 Å². The largest absolute Gasteiger partial charge is 0.479 e. The molecule has 0 aliphatic rings. The molecule has 0 saturated heterocycles. The molecule has 0 aliphatic carbocycles. The molecule has 18 heavy (non-hydrogen) atoms. The molecule has 2 aromatic rings. The fourth-order valence-electron chi connectivity index (χ4n) is 1.68. The van der Waals surface area contributed by atoms with Crippen molar-refractivity contribution in [3.63, 3.8) is 0 Å². The summed E-state index contributed by atoms with van der Waals surface area (Å²) in [6, 6.07) is 12.4.